The van der Waals surface area contributed by atoms with Gasteiger partial charge in [0.05, 0.1) is 33.1 Å². The lowest BCUT2D eigenvalue weighted by atomic mass is 10.1. The summed E-state index contributed by atoms with van der Waals surface area (Å²) in [5.74, 6) is 0. The third-order valence-electron chi connectivity index (χ3n) is 5.35. The van der Waals surface area contributed by atoms with Crippen LogP contribution < -0.4 is 0 Å². The molecule has 122 valence electrons. The molecule has 3 heteroatoms. The Balaban J connectivity index is 2.10. The number of hydrogen-bond acceptors (Lipinski definition) is 1. The van der Waals surface area contributed by atoms with Gasteiger partial charge in [-0.3, -0.25) is 4.79 Å². The van der Waals surface area contributed by atoms with Crippen LogP contribution in [-0.4, -0.2) is 15.1 Å². The number of aromatic nitrogens is 2. The SMILES string of the molecule is O=Cc1c2ccccc2n2c3ccccc3n3c4ccccc4cc3c12. The molecular weight excluding hydrogens is 320 g/mol. The van der Waals surface area contributed by atoms with Crippen LogP contribution in [0.2, 0.25) is 0 Å². The summed E-state index contributed by atoms with van der Waals surface area (Å²) < 4.78 is 4.49. The summed E-state index contributed by atoms with van der Waals surface area (Å²) in [4.78, 5) is 12.1. The van der Waals surface area contributed by atoms with Gasteiger partial charge in [0.25, 0.3) is 0 Å². The molecule has 6 aromatic rings. The molecule has 3 nitrogen and oxygen atoms in total. The summed E-state index contributed by atoms with van der Waals surface area (Å²) in [7, 11) is 0. The van der Waals surface area contributed by atoms with E-state index in [-0.39, 0.29) is 0 Å². The first-order valence-corrected chi connectivity index (χ1v) is 8.68. The molecule has 0 saturated carbocycles. The van der Waals surface area contributed by atoms with Crippen molar-refractivity contribution in [2.75, 3.05) is 0 Å². The number of para-hydroxylation sites is 4. The summed E-state index contributed by atoms with van der Waals surface area (Å²) in [6.07, 6.45) is 0.990. The molecule has 26 heavy (non-hydrogen) atoms. The second kappa shape index (κ2) is 4.73. The van der Waals surface area contributed by atoms with Crippen LogP contribution in [0.25, 0.3) is 43.9 Å². The van der Waals surface area contributed by atoms with E-state index < -0.39 is 0 Å². The molecule has 0 aliphatic heterocycles. The van der Waals surface area contributed by atoms with Gasteiger partial charge in [-0.25, -0.2) is 0 Å². The quantitative estimate of drug-likeness (QED) is 0.366. The monoisotopic (exact) mass is 334 g/mol. The molecule has 0 atom stereocenters. The maximum atomic E-state index is 12.1. The number of nitrogens with zero attached hydrogens (tertiary/aromatic N) is 2. The molecular formula is C23H14N2O. The Hall–Kier alpha value is -3.59. The molecule has 0 radical (unpaired) electrons. The average molecular weight is 334 g/mol. The average Bonchev–Trinajstić information content (AvgIpc) is 3.24. The van der Waals surface area contributed by atoms with Crippen LogP contribution in [0.4, 0.5) is 0 Å². The number of carbonyl (C=O) groups is 1. The molecule has 6 rings (SSSR count). The summed E-state index contributed by atoms with van der Waals surface area (Å²) in [6, 6.07) is 27.1. The van der Waals surface area contributed by atoms with Crippen molar-refractivity contribution in [3.05, 3.63) is 84.4 Å². The molecule has 0 spiro atoms. The fourth-order valence-electron chi connectivity index (χ4n) is 4.32. The molecule has 0 fully saturated rings. The Kier molecular flexibility index (Phi) is 2.49. The van der Waals surface area contributed by atoms with Crippen molar-refractivity contribution in [3.8, 4) is 0 Å². The van der Waals surface area contributed by atoms with Crippen LogP contribution in [0.5, 0.6) is 0 Å². The van der Waals surface area contributed by atoms with Gasteiger partial charge in [0.15, 0.2) is 6.29 Å². The van der Waals surface area contributed by atoms with Crippen molar-refractivity contribution in [1.29, 1.82) is 0 Å². The van der Waals surface area contributed by atoms with E-state index in [0.717, 1.165) is 50.3 Å². The highest BCUT2D eigenvalue weighted by molar-refractivity contribution is 6.14. The van der Waals surface area contributed by atoms with E-state index in [9.17, 15) is 4.79 Å². The van der Waals surface area contributed by atoms with Crippen molar-refractivity contribution in [2.24, 2.45) is 0 Å². The highest BCUT2D eigenvalue weighted by Crippen LogP contribution is 2.35. The summed E-state index contributed by atoms with van der Waals surface area (Å²) in [5, 5.41) is 2.17. The molecule has 3 aromatic carbocycles. The van der Waals surface area contributed by atoms with E-state index in [4.69, 9.17) is 0 Å². The molecule has 0 amide bonds. The Labute approximate surface area is 148 Å². The second-order valence-corrected chi connectivity index (χ2v) is 6.65. The third kappa shape index (κ3) is 1.51. The van der Waals surface area contributed by atoms with E-state index in [1.165, 1.54) is 5.39 Å². The van der Waals surface area contributed by atoms with Crippen LogP contribution in [0.15, 0.2) is 78.9 Å². The normalized spacial score (nSPS) is 12.0. The van der Waals surface area contributed by atoms with Gasteiger partial charge in [0.1, 0.15) is 0 Å². The van der Waals surface area contributed by atoms with Crippen LogP contribution in [0.3, 0.4) is 0 Å². The van der Waals surface area contributed by atoms with E-state index in [0.29, 0.717) is 0 Å². The third-order valence-corrected chi connectivity index (χ3v) is 5.35. The fraction of sp³-hybridized carbons (Fsp3) is 0. The lowest BCUT2D eigenvalue weighted by Gasteiger charge is -2.10. The van der Waals surface area contributed by atoms with Crippen molar-refractivity contribution < 1.29 is 4.79 Å². The van der Waals surface area contributed by atoms with Crippen molar-refractivity contribution in [2.45, 2.75) is 0 Å². The smallest absolute Gasteiger partial charge is 0.152 e. The molecule has 0 saturated heterocycles. The van der Waals surface area contributed by atoms with Gasteiger partial charge in [-0.05, 0) is 30.3 Å². The van der Waals surface area contributed by atoms with Crippen molar-refractivity contribution in [1.82, 2.24) is 8.80 Å². The molecule has 3 aromatic heterocycles. The van der Waals surface area contributed by atoms with Crippen LogP contribution in [0.1, 0.15) is 10.4 Å². The van der Waals surface area contributed by atoms with Crippen molar-refractivity contribution in [3.63, 3.8) is 0 Å². The summed E-state index contributed by atoms with van der Waals surface area (Å²) >= 11 is 0. The molecule has 0 unspecified atom stereocenters. The first-order valence-electron chi connectivity index (χ1n) is 8.68. The minimum atomic E-state index is 0.749. The second-order valence-electron chi connectivity index (χ2n) is 6.65. The van der Waals surface area contributed by atoms with E-state index in [1.54, 1.807) is 0 Å². The lowest BCUT2D eigenvalue weighted by Crippen LogP contribution is -1.97. The molecule has 0 bridgehead atoms. The van der Waals surface area contributed by atoms with E-state index >= 15 is 0 Å². The Morgan fingerprint density at radius 2 is 1.23 bits per heavy atom. The number of aldehydes is 1. The lowest BCUT2D eigenvalue weighted by molar-refractivity contribution is 0.112. The predicted molar refractivity (Wildman–Crippen MR) is 106 cm³/mol. The maximum absolute atomic E-state index is 12.1. The highest BCUT2D eigenvalue weighted by Gasteiger charge is 2.18. The number of hydrogen-bond donors (Lipinski definition) is 0. The molecule has 3 heterocycles. The zero-order valence-electron chi connectivity index (χ0n) is 13.9. The number of carbonyl (C=O) groups excluding carboxylic acids is 1. The number of rotatable bonds is 1. The standard InChI is InChI=1S/C23H14N2O/c26-14-17-16-8-2-4-10-19(16)25-21-12-6-5-11-20(21)24-18-9-3-1-7-15(18)13-22(24)23(17)25/h1-14H. The Morgan fingerprint density at radius 1 is 0.615 bits per heavy atom. The van der Waals surface area contributed by atoms with Gasteiger partial charge in [-0.1, -0.05) is 48.5 Å². The van der Waals surface area contributed by atoms with Gasteiger partial charge in [0.2, 0.25) is 0 Å². The Morgan fingerprint density at radius 3 is 2.00 bits per heavy atom. The van der Waals surface area contributed by atoms with E-state index in [1.807, 2.05) is 18.2 Å². The molecule has 0 N–H and O–H groups in total. The molecule has 0 aliphatic carbocycles. The summed E-state index contributed by atoms with van der Waals surface area (Å²) in [5.41, 5.74) is 7.23. The van der Waals surface area contributed by atoms with Crippen molar-refractivity contribution >= 4 is 50.2 Å². The predicted octanol–water partition coefficient (Wildman–Crippen LogP) is 5.46. The summed E-state index contributed by atoms with van der Waals surface area (Å²) in [6.45, 7) is 0. The first-order chi connectivity index (χ1) is 12.9. The molecule has 0 aliphatic rings. The van der Waals surface area contributed by atoms with E-state index in [2.05, 4.69) is 69.5 Å². The number of benzene rings is 3. The van der Waals surface area contributed by atoms with Gasteiger partial charge in [0, 0.05) is 16.3 Å². The van der Waals surface area contributed by atoms with Crippen LogP contribution >= 0.6 is 0 Å². The number of fused-ring (bicyclic) bond motifs is 10. The zero-order valence-corrected chi connectivity index (χ0v) is 13.9. The Bertz CT molecular complexity index is 1500. The topological polar surface area (TPSA) is 25.9 Å². The first kappa shape index (κ1) is 13.7. The highest BCUT2D eigenvalue weighted by atomic mass is 16.1. The minimum Gasteiger partial charge on any atom is -0.306 e. The fourth-order valence-corrected chi connectivity index (χ4v) is 4.32. The van der Waals surface area contributed by atoms with Crippen LogP contribution in [0, 0.1) is 0 Å². The largest absolute Gasteiger partial charge is 0.306 e. The van der Waals surface area contributed by atoms with Gasteiger partial charge in [-0.15, -0.1) is 0 Å². The van der Waals surface area contributed by atoms with Gasteiger partial charge >= 0.3 is 0 Å². The maximum Gasteiger partial charge on any atom is 0.152 e. The minimum absolute atomic E-state index is 0.749. The zero-order chi connectivity index (χ0) is 17.3. The van der Waals surface area contributed by atoms with Gasteiger partial charge < -0.3 is 8.80 Å². The van der Waals surface area contributed by atoms with Crippen LogP contribution in [-0.2, 0) is 0 Å². The van der Waals surface area contributed by atoms with Gasteiger partial charge in [-0.2, -0.15) is 0 Å².